The maximum atomic E-state index is 13.6. The Hall–Kier alpha value is -4.24. The molecule has 34 heavy (non-hydrogen) atoms. The van der Waals surface area contributed by atoms with E-state index in [2.05, 4.69) is 0 Å². The van der Waals surface area contributed by atoms with E-state index >= 15 is 0 Å². The van der Waals surface area contributed by atoms with Crippen molar-refractivity contribution in [1.29, 1.82) is 0 Å². The van der Waals surface area contributed by atoms with Gasteiger partial charge in [-0.1, -0.05) is 30.3 Å². The molecule has 0 unspecified atom stereocenters. The maximum absolute atomic E-state index is 13.6. The van der Waals surface area contributed by atoms with Crippen LogP contribution in [0.25, 0.3) is 0 Å². The first-order valence-electron chi connectivity index (χ1n) is 10.8. The predicted molar refractivity (Wildman–Crippen MR) is 126 cm³/mol. The van der Waals surface area contributed by atoms with Crippen molar-refractivity contribution in [3.63, 3.8) is 0 Å². The first-order valence-corrected chi connectivity index (χ1v) is 10.8. The van der Waals surface area contributed by atoms with Gasteiger partial charge < -0.3 is 4.90 Å². The van der Waals surface area contributed by atoms with E-state index in [1.807, 2.05) is 73.6 Å². The molecule has 2 saturated heterocycles. The van der Waals surface area contributed by atoms with E-state index in [9.17, 15) is 19.7 Å². The van der Waals surface area contributed by atoms with Crippen molar-refractivity contribution in [3.05, 3.63) is 94.5 Å². The number of nitro groups is 1. The van der Waals surface area contributed by atoms with Crippen LogP contribution in [0.3, 0.4) is 0 Å². The summed E-state index contributed by atoms with van der Waals surface area (Å²) in [4.78, 5) is 46.6. The van der Waals surface area contributed by atoms with Crippen LogP contribution in [0, 0.1) is 16.0 Å². The minimum absolute atomic E-state index is 0.117. The number of para-hydroxylation sites is 1. The monoisotopic (exact) mass is 458 g/mol. The van der Waals surface area contributed by atoms with Crippen LogP contribution in [-0.4, -0.2) is 36.9 Å². The molecule has 9 heteroatoms. The van der Waals surface area contributed by atoms with E-state index < -0.39 is 34.8 Å². The Bertz CT molecular complexity index is 1240. The number of amides is 2. The quantitative estimate of drug-likeness (QED) is 0.327. The molecule has 9 nitrogen and oxygen atoms in total. The lowest BCUT2D eigenvalue weighted by molar-refractivity contribution is -0.384. The number of hydroxylamine groups is 1. The number of rotatable bonds is 5. The molecule has 3 aromatic carbocycles. The average Bonchev–Trinajstić information content (AvgIpc) is 3.35. The van der Waals surface area contributed by atoms with Gasteiger partial charge >= 0.3 is 0 Å². The lowest BCUT2D eigenvalue weighted by atomic mass is 9.90. The Balaban J connectivity index is 1.54. The molecule has 0 N–H and O–H groups in total. The molecule has 0 aliphatic carbocycles. The number of benzene rings is 3. The highest BCUT2D eigenvalue weighted by molar-refractivity contribution is 6.24. The number of imide groups is 1. The summed E-state index contributed by atoms with van der Waals surface area (Å²) < 4.78 is 0. The van der Waals surface area contributed by atoms with E-state index in [-0.39, 0.29) is 11.4 Å². The van der Waals surface area contributed by atoms with Gasteiger partial charge in [-0.05, 0) is 42.0 Å². The number of fused-ring (bicyclic) bond motifs is 1. The number of carbonyl (C=O) groups is 2. The maximum Gasteiger partial charge on any atom is 0.269 e. The second-order valence-corrected chi connectivity index (χ2v) is 8.43. The van der Waals surface area contributed by atoms with Crippen LogP contribution in [0.15, 0.2) is 78.9 Å². The fourth-order valence-corrected chi connectivity index (χ4v) is 4.50. The molecule has 3 aromatic rings. The molecule has 2 aliphatic rings. The Morgan fingerprint density at radius 3 is 2.09 bits per heavy atom. The summed E-state index contributed by atoms with van der Waals surface area (Å²) in [5.74, 6) is -1.66. The number of non-ortho nitro benzene ring substituents is 1. The molecule has 0 saturated carbocycles. The first kappa shape index (κ1) is 21.6. The highest BCUT2D eigenvalue weighted by atomic mass is 16.7. The Morgan fingerprint density at radius 2 is 1.50 bits per heavy atom. The third-order valence-electron chi connectivity index (χ3n) is 6.20. The number of hydrogen-bond donors (Lipinski definition) is 0. The molecule has 0 bridgehead atoms. The van der Waals surface area contributed by atoms with Crippen molar-refractivity contribution in [3.8, 4) is 0 Å². The number of anilines is 3. The first-order chi connectivity index (χ1) is 16.4. The van der Waals surface area contributed by atoms with Gasteiger partial charge in [-0.25, -0.2) is 9.96 Å². The van der Waals surface area contributed by atoms with E-state index in [1.54, 1.807) is 5.06 Å². The molecular weight excluding hydrogens is 436 g/mol. The molecular formula is C25H22N4O5. The highest BCUT2D eigenvalue weighted by Gasteiger charge is 2.60. The van der Waals surface area contributed by atoms with Crippen molar-refractivity contribution < 1.29 is 19.3 Å². The lowest BCUT2D eigenvalue weighted by Crippen LogP contribution is -2.37. The second-order valence-electron chi connectivity index (χ2n) is 8.43. The highest BCUT2D eigenvalue weighted by Crippen LogP contribution is 2.47. The number of carbonyl (C=O) groups excluding carboxylic acids is 2. The normalized spacial score (nSPS) is 21.6. The van der Waals surface area contributed by atoms with Gasteiger partial charge in [0.25, 0.3) is 11.6 Å². The summed E-state index contributed by atoms with van der Waals surface area (Å²) in [7, 11) is 3.89. The summed E-state index contributed by atoms with van der Waals surface area (Å²) >= 11 is 0. The summed E-state index contributed by atoms with van der Waals surface area (Å²) in [6, 6.07) is 22.0. The summed E-state index contributed by atoms with van der Waals surface area (Å²) in [5, 5.41) is 12.6. The van der Waals surface area contributed by atoms with Crippen LogP contribution in [0.5, 0.6) is 0 Å². The zero-order chi connectivity index (χ0) is 24.0. The van der Waals surface area contributed by atoms with Crippen LogP contribution in [-0.2, 0) is 14.4 Å². The largest absolute Gasteiger partial charge is 0.378 e. The zero-order valence-corrected chi connectivity index (χ0v) is 18.6. The molecule has 0 radical (unpaired) electrons. The Kier molecular flexibility index (Phi) is 5.25. The lowest BCUT2D eigenvalue weighted by Gasteiger charge is -2.29. The van der Waals surface area contributed by atoms with Gasteiger partial charge in [-0.15, -0.1) is 0 Å². The molecule has 2 amide bonds. The molecule has 0 spiro atoms. The molecule has 172 valence electrons. The summed E-state index contributed by atoms with van der Waals surface area (Å²) in [6.07, 6.45) is -0.999. The van der Waals surface area contributed by atoms with Crippen LogP contribution >= 0.6 is 0 Å². The van der Waals surface area contributed by atoms with Gasteiger partial charge in [0.2, 0.25) is 5.91 Å². The Labute approximate surface area is 195 Å². The van der Waals surface area contributed by atoms with Crippen molar-refractivity contribution in [2.45, 2.75) is 12.1 Å². The van der Waals surface area contributed by atoms with E-state index in [0.717, 1.165) is 21.8 Å². The van der Waals surface area contributed by atoms with Crippen LogP contribution in [0.1, 0.15) is 11.6 Å². The molecule has 5 rings (SSSR count). The van der Waals surface area contributed by atoms with Gasteiger partial charge in [0.15, 0.2) is 6.10 Å². The summed E-state index contributed by atoms with van der Waals surface area (Å²) in [5.41, 5.74) is 2.75. The summed E-state index contributed by atoms with van der Waals surface area (Å²) in [6.45, 7) is 0. The van der Waals surface area contributed by atoms with Crippen LogP contribution in [0.2, 0.25) is 0 Å². The van der Waals surface area contributed by atoms with E-state index in [0.29, 0.717) is 0 Å². The third kappa shape index (κ3) is 3.46. The minimum atomic E-state index is -0.999. The van der Waals surface area contributed by atoms with Gasteiger partial charge in [0.05, 0.1) is 22.3 Å². The van der Waals surface area contributed by atoms with Gasteiger partial charge in [-0.2, -0.15) is 0 Å². The SMILES string of the molecule is CN(C)c1ccc([C@@H]2[C@@H]3C(=O)N(c4ccc([N+](=O)[O-])cc4)C(=O)[C@H]3ON2c2ccccc2)cc1. The second kappa shape index (κ2) is 8.27. The number of nitro benzene ring substituents is 1. The fourth-order valence-electron chi connectivity index (χ4n) is 4.50. The van der Waals surface area contributed by atoms with Crippen LogP contribution < -0.4 is 14.9 Å². The van der Waals surface area contributed by atoms with Crippen molar-refractivity contribution in [2.24, 2.45) is 5.92 Å². The molecule has 2 heterocycles. The van der Waals surface area contributed by atoms with Crippen LogP contribution in [0.4, 0.5) is 22.7 Å². The van der Waals surface area contributed by atoms with Crippen molar-refractivity contribution in [1.82, 2.24) is 0 Å². The molecule has 2 fully saturated rings. The predicted octanol–water partition coefficient (Wildman–Crippen LogP) is 3.71. The average molecular weight is 458 g/mol. The topological polar surface area (TPSA) is 96.2 Å². The van der Waals surface area contributed by atoms with E-state index in [1.165, 1.54) is 24.3 Å². The smallest absolute Gasteiger partial charge is 0.269 e. The van der Waals surface area contributed by atoms with Crippen molar-refractivity contribution >= 4 is 34.6 Å². The van der Waals surface area contributed by atoms with Crippen molar-refractivity contribution in [2.75, 3.05) is 29.0 Å². The Morgan fingerprint density at radius 1 is 0.853 bits per heavy atom. The standard InChI is InChI=1S/C25H22N4O5/c1-26(2)17-10-8-16(9-11-17)22-21-23(34-28(22)19-6-4-3-5-7-19)25(31)27(24(21)30)18-12-14-20(15-13-18)29(32)33/h3-15,21-23H,1-2H3/t21-,22+,23-/m0/s1. The minimum Gasteiger partial charge on any atom is -0.378 e. The van der Waals surface area contributed by atoms with Gasteiger partial charge in [0, 0.05) is 31.9 Å². The van der Waals surface area contributed by atoms with Gasteiger partial charge in [0.1, 0.15) is 5.92 Å². The van der Waals surface area contributed by atoms with E-state index in [4.69, 9.17) is 4.84 Å². The van der Waals surface area contributed by atoms with Gasteiger partial charge in [-0.3, -0.25) is 24.5 Å². The molecule has 0 aromatic heterocycles. The third-order valence-corrected chi connectivity index (χ3v) is 6.20. The number of hydrogen-bond acceptors (Lipinski definition) is 7. The zero-order valence-electron chi connectivity index (χ0n) is 18.6. The molecule has 2 aliphatic heterocycles. The molecule has 3 atom stereocenters. The number of nitrogens with zero attached hydrogens (tertiary/aromatic N) is 4. The fraction of sp³-hybridized carbons (Fsp3) is 0.200.